The maximum Gasteiger partial charge on any atom is 0.0492 e. The maximum atomic E-state index is 4.24. The summed E-state index contributed by atoms with van der Waals surface area (Å²) in [5.41, 5.74) is 1.36. The zero-order chi connectivity index (χ0) is 12.3. The third-order valence-corrected chi connectivity index (χ3v) is 5.47. The van der Waals surface area contributed by atoms with Crippen molar-refractivity contribution in [3.05, 3.63) is 18.0 Å². The molecular formula is C14H23BrN2. The highest BCUT2D eigenvalue weighted by atomic mass is 79.9. The highest BCUT2D eigenvalue weighted by Crippen LogP contribution is 2.37. The van der Waals surface area contributed by atoms with E-state index in [1.54, 1.807) is 0 Å². The Morgan fingerprint density at radius 1 is 1.47 bits per heavy atom. The van der Waals surface area contributed by atoms with Gasteiger partial charge in [-0.2, -0.15) is 5.10 Å². The van der Waals surface area contributed by atoms with Crippen molar-refractivity contribution in [3.63, 3.8) is 0 Å². The summed E-state index contributed by atoms with van der Waals surface area (Å²) < 4.78 is 2.00. The van der Waals surface area contributed by atoms with Crippen LogP contribution >= 0.6 is 15.9 Å². The SMILES string of the molecule is CCC1CCC(Br)C(CCc2ccnn2C)C1. The minimum atomic E-state index is 0.735. The Morgan fingerprint density at radius 3 is 2.94 bits per heavy atom. The molecule has 96 valence electrons. The number of alkyl halides is 1. The molecule has 0 aromatic carbocycles. The van der Waals surface area contributed by atoms with Gasteiger partial charge >= 0.3 is 0 Å². The molecule has 1 aromatic heterocycles. The molecule has 1 fully saturated rings. The fourth-order valence-electron chi connectivity index (χ4n) is 2.97. The average molecular weight is 299 g/mol. The van der Waals surface area contributed by atoms with Gasteiger partial charge in [-0.1, -0.05) is 29.3 Å². The smallest absolute Gasteiger partial charge is 0.0492 e. The Bertz CT molecular complexity index is 348. The van der Waals surface area contributed by atoms with E-state index in [1.165, 1.54) is 44.2 Å². The number of hydrogen-bond donors (Lipinski definition) is 0. The topological polar surface area (TPSA) is 17.8 Å². The molecule has 0 spiro atoms. The van der Waals surface area contributed by atoms with Gasteiger partial charge in [-0.3, -0.25) is 4.68 Å². The summed E-state index contributed by atoms with van der Waals surface area (Å²) in [7, 11) is 2.04. The van der Waals surface area contributed by atoms with Crippen LogP contribution in [0.15, 0.2) is 12.3 Å². The molecule has 0 saturated heterocycles. The summed E-state index contributed by atoms with van der Waals surface area (Å²) in [4.78, 5) is 0.735. The number of aromatic nitrogens is 2. The quantitative estimate of drug-likeness (QED) is 0.770. The van der Waals surface area contributed by atoms with Crippen LogP contribution in [-0.4, -0.2) is 14.6 Å². The first-order chi connectivity index (χ1) is 8.20. The number of aryl methyl sites for hydroxylation is 2. The predicted octanol–water partition coefficient (Wildman–Crippen LogP) is 3.94. The van der Waals surface area contributed by atoms with E-state index in [4.69, 9.17) is 0 Å². The van der Waals surface area contributed by atoms with Gasteiger partial charge in [0.1, 0.15) is 0 Å². The van der Waals surface area contributed by atoms with Crippen molar-refractivity contribution in [1.82, 2.24) is 9.78 Å². The first-order valence-electron chi connectivity index (χ1n) is 6.81. The Morgan fingerprint density at radius 2 is 2.29 bits per heavy atom. The van der Waals surface area contributed by atoms with Crippen molar-refractivity contribution in [3.8, 4) is 0 Å². The Balaban J connectivity index is 1.87. The van der Waals surface area contributed by atoms with Crippen molar-refractivity contribution in [2.45, 2.75) is 50.3 Å². The van der Waals surface area contributed by atoms with E-state index in [2.05, 4.69) is 34.0 Å². The van der Waals surface area contributed by atoms with Gasteiger partial charge in [0.15, 0.2) is 0 Å². The zero-order valence-corrected chi connectivity index (χ0v) is 12.5. The minimum absolute atomic E-state index is 0.735. The lowest BCUT2D eigenvalue weighted by Gasteiger charge is -2.32. The summed E-state index contributed by atoms with van der Waals surface area (Å²) in [5.74, 6) is 1.81. The molecule has 1 aliphatic rings. The van der Waals surface area contributed by atoms with E-state index in [0.29, 0.717) is 0 Å². The van der Waals surface area contributed by atoms with Crippen LogP contribution in [0, 0.1) is 11.8 Å². The third kappa shape index (κ3) is 3.34. The number of nitrogens with zero attached hydrogens (tertiary/aromatic N) is 2. The van der Waals surface area contributed by atoms with Crippen molar-refractivity contribution in [2.75, 3.05) is 0 Å². The van der Waals surface area contributed by atoms with E-state index >= 15 is 0 Å². The molecule has 17 heavy (non-hydrogen) atoms. The summed E-state index contributed by atoms with van der Waals surface area (Å²) >= 11 is 3.87. The van der Waals surface area contributed by atoms with E-state index < -0.39 is 0 Å². The van der Waals surface area contributed by atoms with Gasteiger partial charge in [-0.25, -0.2) is 0 Å². The molecule has 3 unspecified atom stereocenters. The molecule has 0 aliphatic heterocycles. The largest absolute Gasteiger partial charge is 0.273 e. The van der Waals surface area contributed by atoms with Crippen LogP contribution in [0.1, 0.15) is 44.7 Å². The Kier molecular flexibility index (Phi) is 4.66. The fourth-order valence-corrected chi connectivity index (χ4v) is 3.72. The lowest BCUT2D eigenvalue weighted by Crippen LogP contribution is -2.25. The summed E-state index contributed by atoms with van der Waals surface area (Å²) in [6.45, 7) is 2.33. The van der Waals surface area contributed by atoms with E-state index in [0.717, 1.165) is 16.7 Å². The highest BCUT2D eigenvalue weighted by Gasteiger charge is 2.27. The van der Waals surface area contributed by atoms with Crippen LogP contribution < -0.4 is 0 Å². The number of rotatable bonds is 4. The molecule has 3 heteroatoms. The van der Waals surface area contributed by atoms with E-state index in [9.17, 15) is 0 Å². The van der Waals surface area contributed by atoms with Crippen LogP contribution in [0.2, 0.25) is 0 Å². The van der Waals surface area contributed by atoms with Gasteiger partial charge in [0, 0.05) is 23.8 Å². The lowest BCUT2D eigenvalue weighted by atomic mass is 9.78. The first kappa shape index (κ1) is 13.1. The third-order valence-electron chi connectivity index (χ3n) is 4.27. The van der Waals surface area contributed by atoms with Gasteiger partial charge in [-0.05, 0) is 50.0 Å². The average Bonchev–Trinajstić information content (AvgIpc) is 2.74. The summed E-state index contributed by atoms with van der Waals surface area (Å²) in [6, 6.07) is 2.14. The van der Waals surface area contributed by atoms with Crippen molar-refractivity contribution in [1.29, 1.82) is 0 Å². The monoisotopic (exact) mass is 298 g/mol. The number of halogens is 1. The van der Waals surface area contributed by atoms with Crippen LogP contribution in [-0.2, 0) is 13.5 Å². The molecule has 3 atom stereocenters. The summed E-state index contributed by atoms with van der Waals surface area (Å²) in [5, 5.41) is 4.24. The minimum Gasteiger partial charge on any atom is -0.273 e. The predicted molar refractivity (Wildman–Crippen MR) is 75.4 cm³/mol. The van der Waals surface area contributed by atoms with Gasteiger partial charge in [0.25, 0.3) is 0 Å². The zero-order valence-electron chi connectivity index (χ0n) is 10.9. The highest BCUT2D eigenvalue weighted by molar-refractivity contribution is 9.09. The molecule has 2 nitrogen and oxygen atoms in total. The second-order valence-electron chi connectivity index (χ2n) is 5.35. The van der Waals surface area contributed by atoms with Crippen LogP contribution in [0.4, 0.5) is 0 Å². The normalized spacial score (nSPS) is 29.5. The van der Waals surface area contributed by atoms with E-state index in [1.807, 2.05) is 17.9 Å². The molecular weight excluding hydrogens is 276 g/mol. The molecule has 1 heterocycles. The molecule has 2 rings (SSSR count). The number of hydrogen-bond acceptors (Lipinski definition) is 1. The first-order valence-corrected chi connectivity index (χ1v) is 7.73. The van der Waals surface area contributed by atoms with Crippen molar-refractivity contribution < 1.29 is 0 Å². The van der Waals surface area contributed by atoms with Gasteiger partial charge in [0.05, 0.1) is 0 Å². The second kappa shape index (κ2) is 6.03. The van der Waals surface area contributed by atoms with Gasteiger partial charge in [-0.15, -0.1) is 0 Å². The van der Waals surface area contributed by atoms with Gasteiger partial charge in [0.2, 0.25) is 0 Å². The van der Waals surface area contributed by atoms with Crippen LogP contribution in [0.25, 0.3) is 0 Å². The van der Waals surface area contributed by atoms with Crippen molar-refractivity contribution in [2.24, 2.45) is 18.9 Å². The van der Waals surface area contributed by atoms with Gasteiger partial charge < -0.3 is 0 Å². The second-order valence-corrected chi connectivity index (χ2v) is 6.52. The summed E-state index contributed by atoms with van der Waals surface area (Å²) in [6.07, 6.45) is 9.89. The molecule has 1 saturated carbocycles. The molecule has 0 radical (unpaired) electrons. The Hall–Kier alpha value is -0.310. The van der Waals surface area contributed by atoms with Crippen molar-refractivity contribution >= 4 is 15.9 Å². The standard InChI is InChI=1S/C14H23BrN2/c1-3-11-4-7-14(15)12(10-11)5-6-13-8-9-16-17(13)2/h8-9,11-12,14H,3-7,10H2,1-2H3. The van der Waals surface area contributed by atoms with E-state index in [-0.39, 0.29) is 0 Å². The molecule has 1 aliphatic carbocycles. The molecule has 1 aromatic rings. The lowest BCUT2D eigenvalue weighted by molar-refractivity contribution is 0.260. The maximum absolute atomic E-state index is 4.24. The van der Waals surface area contributed by atoms with Crippen LogP contribution in [0.3, 0.4) is 0 Å². The van der Waals surface area contributed by atoms with Crippen LogP contribution in [0.5, 0.6) is 0 Å². The Labute approximate surface area is 113 Å². The molecule has 0 amide bonds. The fraction of sp³-hybridized carbons (Fsp3) is 0.786. The molecule has 0 N–H and O–H groups in total. The molecule has 0 bridgehead atoms.